The van der Waals surface area contributed by atoms with E-state index in [1.54, 1.807) is 0 Å². The summed E-state index contributed by atoms with van der Waals surface area (Å²) >= 11 is 0. The van der Waals surface area contributed by atoms with Gasteiger partial charge in [0.2, 0.25) is 0 Å². The summed E-state index contributed by atoms with van der Waals surface area (Å²) in [6, 6.07) is 6.33. The molecule has 0 saturated carbocycles. The van der Waals surface area contributed by atoms with E-state index < -0.39 is 0 Å². The Morgan fingerprint density at radius 3 is 2.90 bits per heavy atom. The number of benzene rings is 1. The number of carbonyl (C=O) groups is 1. The van der Waals surface area contributed by atoms with E-state index in [9.17, 15) is 4.79 Å². The van der Waals surface area contributed by atoms with Crippen molar-refractivity contribution in [3.63, 3.8) is 0 Å². The first kappa shape index (κ1) is 14.9. The lowest BCUT2D eigenvalue weighted by molar-refractivity contribution is -0.134. The summed E-state index contributed by atoms with van der Waals surface area (Å²) < 4.78 is 5.61. The normalized spacial score (nSPS) is 18.9. The number of likely N-dealkylation sites (N-methyl/N-ethyl adjacent to an activating group) is 1. The molecule has 0 bridgehead atoms. The monoisotopic (exact) mass is 276 g/mol. The fourth-order valence-corrected chi connectivity index (χ4v) is 2.48. The van der Waals surface area contributed by atoms with Crippen LogP contribution in [0.5, 0.6) is 5.75 Å². The highest BCUT2D eigenvalue weighted by Crippen LogP contribution is 2.17. The van der Waals surface area contributed by atoms with Gasteiger partial charge in [-0.05, 0) is 57.0 Å². The SMILES string of the molecule is CNC1CCCN(C(=O)COc2ccc(C)c(C)c2)C1. The van der Waals surface area contributed by atoms with Crippen molar-refractivity contribution in [3.05, 3.63) is 29.3 Å². The van der Waals surface area contributed by atoms with E-state index in [1.807, 2.05) is 37.1 Å². The van der Waals surface area contributed by atoms with Crippen molar-refractivity contribution in [2.24, 2.45) is 0 Å². The predicted octanol–water partition coefficient (Wildman–Crippen LogP) is 1.89. The van der Waals surface area contributed by atoms with E-state index in [0.717, 1.165) is 31.7 Å². The van der Waals surface area contributed by atoms with Gasteiger partial charge in [-0.2, -0.15) is 0 Å². The third-order valence-corrected chi connectivity index (χ3v) is 4.02. The molecule has 1 aliphatic rings. The molecule has 110 valence electrons. The molecule has 0 radical (unpaired) electrons. The molecule has 1 amide bonds. The zero-order chi connectivity index (χ0) is 14.5. The van der Waals surface area contributed by atoms with Gasteiger partial charge in [-0.3, -0.25) is 4.79 Å². The second kappa shape index (κ2) is 6.75. The molecule has 0 aromatic heterocycles. The van der Waals surface area contributed by atoms with Crippen molar-refractivity contribution in [1.29, 1.82) is 0 Å². The molecule has 4 nitrogen and oxygen atoms in total. The third-order valence-electron chi connectivity index (χ3n) is 4.02. The van der Waals surface area contributed by atoms with Gasteiger partial charge >= 0.3 is 0 Å². The molecule has 1 aromatic rings. The lowest BCUT2D eigenvalue weighted by Crippen LogP contribution is -2.48. The van der Waals surface area contributed by atoms with Crippen molar-refractivity contribution < 1.29 is 9.53 Å². The average molecular weight is 276 g/mol. The van der Waals surface area contributed by atoms with Crippen LogP contribution >= 0.6 is 0 Å². The van der Waals surface area contributed by atoms with Crippen LogP contribution in [0.3, 0.4) is 0 Å². The molecule has 1 atom stereocenters. The van der Waals surface area contributed by atoms with Gasteiger partial charge in [0.1, 0.15) is 5.75 Å². The Bertz CT molecular complexity index is 474. The van der Waals surface area contributed by atoms with Crippen molar-refractivity contribution >= 4 is 5.91 Å². The maximum Gasteiger partial charge on any atom is 0.260 e. The molecule has 1 heterocycles. The first-order chi connectivity index (χ1) is 9.60. The summed E-state index contributed by atoms with van der Waals surface area (Å²) in [5, 5.41) is 3.24. The van der Waals surface area contributed by atoms with Crippen LogP contribution in [0, 0.1) is 13.8 Å². The average Bonchev–Trinajstić information content (AvgIpc) is 2.48. The van der Waals surface area contributed by atoms with E-state index in [1.165, 1.54) is 11.1 Å². The van der Waals surface area contributed by atoms with Crippen LogP contribution in [0.15, 0.2) is 18.2 Å². The summed E-state index contributed by atoms with van der Waals surface area (Å²) in [4.78, 5) is 14.1. The number of ether oxygens (including phenoxy) is 1. The van der Waals surface area contributed by atoms with Gasteiger partial charge in [0.15, 0.2) is 6.61 Å². The van der Waals surface area contributed by atoms with Gasteiger partial charge in [-0.1, -0.05) is 6.07 Å². The standard InChI is InChI=1S/C16H24N2O2/c1-12-6-7-15(9-13(12)2)20-11-16(19)18-8-4-5-14(10-18)17-3/h6-7,9,14,17H,4-5,8,10-11H2,1-3H3. The summed E-state index contributed by atoms with van der Waals surface area (Å²) in [6.07, 6.45) is 2.19. The number of aryl methyl sites for hydroxylation is 2. The molecule has 1 aliphatic heterocycles. The Morgan fingerprint density at radius 1 is 1.40 bits per heavy atom. The van der Waals surface area contributed by atoms with Crippen molar-refractivity contribution in [1.82, 2.24) is 10.2 Å². The summed E-state index contributed by atoms with van der Waals surface area (Å²) in [5.74, 6) is 0.840. The largest absolute Gasteiger partial charge is 0.484 e. The lowest BCUT2D eigenvalue weighted by Gasteiger charge is -2.32. The number of hydrogen-bond donors (Lipinski definition) is 1. The maximum atomic E-state index is 12.2. The van der Waals surface area contributed by atoms with Crippen LogP contribution < -0.4 is 10.1 Å². The molecule has 1 saturated heterocycles. The third kappa shape index (κ3) is 3.73. The summed E-state index contributed by atoms with van der Waals surface area (Å²) in [7, 11) is 1.95. The number of piperidine rings is 1. The lowest BCUT2D eigenvalue weighted by atomic mass is 10.1. The van der Waals surface area contributed by atoms with E-state index in [0.29, 0.717) is 6.04 Å². The second-order valence-corrected chi connectivity index (χ2v) is 5.50. The summed E-state index contributed by atoms with van der Waals surface area (Å²) in [5.41, 5.74) is 2.42. The first-order valence-electron chi connectivity index (χ1n) is 7.25. The number of nitrogens with zero attached hydrogens (tertiary/aromatic N) is 1. The van der Waals surface area contributed by atoms with Crippen LogP contribution in [0.4, 0.5) is 0 Å². The molecule has 0 spiro atoms. The van der Waals surface area contributed by atoms with E-state index in [2.05, 4.69) is 12.2 Å². The molecule has 1 aromatic carbocycles. The molecule has 1 fully saturated rings. The van der Waals surface area contributed by atoms with Gasteiger partial charge in [-0.25, -0.2) is 0 Å². The highest BCUT2D eigenvalue weighted by atomic mass is 16.5. The Balaban J connectivity index is 1.86. The number of nitrogens with one attached hydrogen (secondary N) is 1. The number of carbonyl (C=O) groups excluding carboxylic acids is 1. The van der Waals surface area contributed by atoms with Crippen LogP contribution in [0.1, 0.15) is 24.0 Å². The minimum absolute atomic E-state index is 0.0724. The molecule has 20 heavy (non-hydrogen) atoms. The number of hydrogen-bond acceptors (Lipinski definition) is 3. The molecule has 1 unspecified atom stereocenters. The number of rotatable bonds is 4. The quantitative estimate of drug-likeness (QED) is 0.913. The topological polar surface area (TPSA) is 41.6 Å². The Kier molecular flexibility index (Phi) is 5.01. The second-order valence-electron chi connectivity index (χ2n) is 5.50. The minimum Gasteiger partial charge on any atom is -0.484 e. The Hall–Kier alpha value is -1.55. The van der Waals surface area contributed by atoms with Gasteiger partial charge in [0.05, 0.1) is 0 Å². The Morgan fingerprint density at radius 2 is 2.20 bits per heavy atom. The van der Waals surface area contributed by atoms with Crippen molar-refractivity contribution in [2.75, 3.05) is 26.7 Å². The molecule has 1 N–H and O–H groups in total. The van der Waals surface area contributed by atoms with Gasteiger partial charge in [0.25, 0.3) is 5.91 Å². The first-order valence-corrected chi connectivity index (χ1v) is 7.25. The molecular weight excluding hydrogens is 252 g/mol. The minimum atomic E-state index is 0.0724. The highest BCUT2D eigenvalue weighted by molar-refractivity contribution is 5.78. The zero-order valence-corrected chi connectivity index (χ0v) is 12.6. The maximum absolute atomic E-state index is 12.2. The van der Waals surface area contributed by atoms with E-state index in [-0.39, 0.29) is 12.5 Å². The van der Waals surface area contributed by atoms with E-state index >= 15 is 0 Å². The van der Waals surface area contributed by atoms with Crippen LogP contribution in [0.2, 0.25) is 0 Å². The number of amides is 1. The highest BCUT2D eigenvalue weighted by Gasteiger charge is 2.22. The smallest absolute Gasteiger partial charge is 0.260 e. The van der Waals surface area contributed by atoms with Crippen molar-refractivity contribution in [2.45, 2.75) is 32.7 Å². The van der Waals surface area contributed by atoms with Gasteiger partial charge in [-0.15, -0.1) is 0 Å². The fraction of sp³-hybridized carbons (Fsp3) is 0.562. The van der Waals surface area contributed by atoms with Crippen LogP contribution in [0.25, 0.3) is 0 Å². The van der Waals surface area contributed by atoms with Gasteiger partial charge in [0, 0.05) is 19.1 Å². The summed E-state index contributed by atoms with van der Waals surface area (Å²) in [6.45, 7) is 5.86. The van der Waals surface area contributed by atoms with Crippen LogP contribution in [-0.4, -0.2) is 43.6 Å². The Labute approximate surface area is 121 Å². The predicted molar refractivity (Wildman–Crippen MR) is 80.1 cm³/mol. The molecule has 2 rings (SSSR count). The fourth-order valence-electron chi connectivity index (χ4n) is 2.48. The molecular formula is C16H24N2O2. The zero-order valence-electron chi connectivity index (χ0n) is 12.6. The van der Waals surface area contributed by atoms with Crippen molar-refractivity contribution in [3.8, 4) is 5.75 Å². The van der Waals surface area contributed by atoms with Gasteiger partial charge < -0.3 is 15.0 Å². The van der Waals surface area contributed by atoms with E-state index in [4.69, 9.17) is 4.74 Å². The number of likely N-dealkylation sites (tertiary alicyclic amines) is 1. The van der Waals surface area contributed by atoms with Crippen LogP contribution in [-0.2, 0) is 4.79 Å². The molecule has 4 heteroatoms. The molecule has 0 aliphatic carbocycles.